The number of anilines is 2. The third-order valence-corrected chi connectivity index (χ3v) is 4.26. The quantitative estimate of drug-likeness (QED) is 0.575. The Bertz CT molecular complexity index is 1020. The molecule has 0 unspecified atom stereocenters. The van der Waals surface area contributed by atoms with Crippen LogP contribution in [0, 0.1) is 0 Å². The summed E-state index contributed by atoms with van der Waals surface area (Å²) in [7, 11) is 6.16. The van der Waals surface area contributed by atoms with Gasteiger partial charge in [0.2, 0.25) is 0 Å². The van der Waals surface area contributed by atoms with E-state index < -0.39 is 0 Å². The molecule has 0 spiro atoms. The molecule has 0 radical (unpaired) electrons. The molecule has 126 valence electrons. The first-order valence-corrected chi connectivity index (χ1v) is 8.19. The van der Waals surface area contributed by atoms with Gasteiger partial charge >= 0.3 is 0 Å². The Morgan fingerprint density at radius 2 is 1.80 bits per heavy atom. The van der Waals surface area contributed by atoms with E-state index in [0.717, 1.165) is 29.0 Å². The molecule has 4 aromatic rings. The second-order valence-corrected chi connectivity index (χ2v) is 6.42. The highest BCUT2D eigenvalue weighted by molar-refractivity contribution is 5.93. The van der Waals surface area contributed by atoms with Crippen molar-refractivity contribution in [1.82, 2.24) is 24.5 Å². The normalized spacial score (nSPS) is 11.5. The first kappa shape index (κ1) is 15.5. The molecule has 0 aliphatic carbocycles. The summed E-state index contributed by atoms with van der Waals surface area (Å²) in [5, 5.41) is 9.27. The fourth-order valence-electron chi connectivity index (χ4n) is 3.09. The molecule has 0 atom stereocenters. The van der Waals surface area contributed by atoms with Crippen molar-refractivity contribution < 1.29 is 0 Å². The molecule has 0 aliphatic rings. The Morgan fingerprint density at radius 3 is 2.56 bits per heavy atom. The highest BCUT2D eigenvalue weighted by Crippen LogP contribution is 2.30. The van der Waals surface area contributed by atoms with Crippen LogP contribution < -0.4 is 4.90 Å². The number of benzene rings is 2. The fraction of sp³-hybridized carbons (Fsp3) is 0.211. The SMILES string of the molecule is CN(C)Cc1ccc2c(N(C)c3ccccc3)nc3nncn3c2c1. The van der Waals surface area contributed by atoms with Gasteiger partial charge in [0.25, 0.3) is 5.78 Å². The molecule has 2 aromatic heterocycles. The predicted molar refractivity (Wildman–Crippen MR) is 100 cm³/mol. The first-order valence-electron chi connectivity index (χ1n) is 8.19. The van der Waals surface area contributed by atoms with Gasteiger partial charge in [0.15, 0.2) is 0 Å². The second kappa shape index (κ2) is 6.14. The zero-order chi connectivity index (χ0) is 17.4. The monoisotopic (exact) mass is 332 g/mol. The number of hydrogen-bond acceptors (Lipinski definition) is 5. The van der Waals surface area contributed by atoms with Crippen LogP contribution in [0.4, 0.5) is 11.5 Å². The van der Waals surface area contributed by atoms with Gasteiger partial charge < -0.3 is 9.80 Å². The Morgan fingerprint density at radius 1 is 1.00 bits per heavy atom. The van der Waals surface area contributed by atoms with Gasteiger partial charge in [-0.1, -0.05) is 24.3 Å². The Kier molecular flexibility index (Phi) is 3.82. The molecular formula is C19H20N6. The van der Waals surface area contributed by atoms with Crippen molar-refractivity contribution in [3.8, 4) is 0 Å². The Balaban J connectivity index is 1.94. The molecule has 0 amide bonds. The van der Waals surface area contributed by atoms with E-state index in [1.807, 2.05) is 29.6 Å². The maximum atomic E-state index is 4.74. The maximum absolute atomic E-state index is 4.74. The molecule has 0 bridgehead atoms. The summed E-state index contributed by atoms with van der Waals surface area (Å²) in [5.74, 6) is 1.48. The summed E-state index contributed by atoms with van der Waals surface area (Å²) in [4.78, 5) is 8.98. The number of hydrogen-bond donors (Lipinski definition) is 0. The molecule has 6 nitrogen and oxygen atoms in total. The number of rotatable bonds is 4. The summed E-state index contributed by atoms with van der Waals surface area (Å²) in [5.41, 5.74) is 3.39. The Hall–Kier alpha value is -2.99. The maximum Gasteiger partial charge on any atom is 0.257 e. The van der Waals surface area contributed by atoms with Crippen molar-refractivity contribution >= 4 is 28.2 Å². The summed E-state index contributed by atoms with van der Waals surface area (Å²) in [6.45, 7) is 0.881. The number of nitrogens with zero attached hydrogens (tertiary/aromatic N) is 6. The van der Waals surface area contributed by atoms with Crippen molar-refractivity contribution in [2.45, 2.75) is 6.54 Å². The van der Waals surface area contributed by atoms with Crippen LogP contribution in [-0.2, 0) is 6.54 Å². The molecule has 2 aromatic carbocycles. The molecule has 0 saturated heterocycles. The van der Waals surface area contributed by atoms with Gasteiger partial charge in [-0.15, -0.1) is 10.2 Å². The molecular weight excluding hydrogens is 312 g/mol. The van der Waals surface area contributed by atoms with E-state index in [-0.39, 0.29) is 0 Å². The van der Waals surface area contributed by atoms with Gasteiger partial charge in [0.1, 0.15) is 12.1 Å². The summed E-state index contributed by atoms with van der Waals surface area (Å²) < 4.78 is 1.94. The summed E-state index contributed by atoms with van der Waals surface area (Å²) in [6.07, 6.45) is 1.72. The zero-order valence-corrected chi connectivity index (χ0v) is 14.6. The lowest BCUT2D eigenvalue weighted by Gasteiger charge is -2.21. The van der Waals surface area contributed by atoms with Crippen LogP contribution in [0.15, 0.2) is 54.9 Å². The van der Waals surface area contributed by atoms with E-state index >= 15 is 0 Å². The van der Waals surface area contributed by atoms with E-state index in [0.29, 0.717) is 5.78 Å². The molecule has 0 saturated carbocycles. The third-order valence-electron chi connectivity index (χ3n) is 4.26. The summed E-state index contributed by atoms with van der Waals surface area (Å²) >= 11 is 0. The Labute approximate surface area is 146 Å². The lowest BCUT2D eigenvalue weighted by molar-refractivity contribution is 0.402. The molecule has 0 aliphatic heterocycles. The van der Waals surface area contributed by atoms with Crippen molar-refractivity contribution in [3.63, 3.8) is 0 Å². The zero-order valence-electron chi connectivity index (χ0n) is 14.6. The molecule has 4 rings (SSSR count). The van der Waals surface area contributed by atoms with Crippen LogP contribution in [0.5, 0.6) is 0 Å². The standard InChI is InChI=1S/C19H20N6/c1-23(2)12-14-9-10-16-17(11-14)25-13-20-22-19(25)21-18(16)24(3)15-7-5-4-6-8-15/h4-11,13H,12H2,1-3H3. The molecule has 6 heteroatoms. The van der Waals surface area contributed by atoms with Crippen molar-refractivity contribution in [3.05, 3.63) is 60.4 Å². The van der Waals surface area contributed by atoms with Crippen molar-refractivity contribution in [2.24, 2.45) is 0 Å². The topological polar surface area (TPSA) is 49.6 Å². The number of aromatic nitrogens is 4. The smallest absolute Gasteiger partial charge is 0.257 e. The van der Waals surface area contributed by atoms with Crippen LogP contribution >= 0.6 is 0 Å². The van der Waals surface area contributed by atoms with Gasteiger partial charge in [0.05, 0.1) is 5.52 Å². The molecule has 0 fully saturated rings. The van der Waals surface area contributed by atoms with Gasteiger partial charge in [0, 0.05) is 24.7 Å². The highest BCUT2D eigenvalue weighted by Gasteiger charge is 2.15. The van der Waals surface area contributed by atoms with Gasteiger partial charge in [-0.3, -0.25) is 4.40 Å². The average Bonchev–Trinajstić information content (AvgIpc) is 3.09. The highest BCUT2D eigenvalue weighted by atomic mass is 15.3. The third kappa shape index (κ3) is 2.81. The van der Waals surface area contributed by atoms with Gasteiger partial charge in [-0.05, 0) is 43.9 Å². The van der Waals surface area contributed by atoms with Crippen LogP contribution in [0.2, 0.25) is 0 Å². The fourth-order valence-corrected chi connectivity index (χ4v) is 3.09. The van der Waals surface area contributed by atoms with Crippen molar-refractivity contribution in [2.75, 3.05) is 26.0 Å². The molecule has 25 heavy (non-hydrogen) atoms. The van der Waals surface area contributed by atoms with E-state index in [2.05, 4.69) is 64.4 Å². The number of fused-ring (bicyclic) bond motifs is 3. The lowest BCUT2D eigenvalue weighted by atomic mass is 10.1. The van der Waals surface area contributed by atoms with Crippen LogP contribution in [0.3, 0.4) is 0 Å². The summed E-state index contributed by atoms with van der Waals surface area (Å²) in [6, 6.07) is 16.7. The van der Waals surface area contributed by atoms with E-state index in [9.17, 15) is 0 Å². The van der Waals surface area contributed by atoms with Crippen molar-refractivity contribution in [1.29, 1.82) is 0 Å². The minimum absolute atomic E-state index is 0.604. The van der Waals surface area contributed by atoms with Gasteiger partial charge in [-0.25, -0.2) is 0 Å². The van der Waals surface area contributed by atoms with E-state index in [1.54, 1.807) is 6.33 Å². The number of para-hydroxylation sites is 1. The van der Waals surface area contributed by atoms with Crippen LogP contribution in [-0.4, -0.2) is 45.6 Å². The minimum atomic E-state index is 0.604. The molecule has 0 N–H and O–H groups in total. The second-order valence-electron chi connectivity index (χ2n) is 6.42. The lowest BCUT2D eigenvalue weighted by Crippen LogP contribution is -2.13. The van der Waals surface area contributed by atoms with Gasteiger partial charge in [-0.2, -0.15) is 4.98 Å². The van der Waals surface area contributed by atoms with E-state index in [4.69, 9.17) is 4.98 Å². The average molecular weight is 332 g/mol. The minimum Gasteiger partial charge on any atom is -0.329 e. The first-order chi connectivity index (χ1) is 12.1. The predicted octanol–water partition coefficient (Wildman–Crippen LogP) is 3.11. The van der Waals surface area contributed by atoms with E-state index in [1.165, 1.54) is 5.56 Å². The largest absolute Gasteiger partial charge is 0.329 e. The van der Waals surface area contributed by atoms with Crippen LogP contribution in [0.1, 0.15) is 5.56 Å². The van der Waals surface area contributed by atoms with Crippen LogP contribution in [0.25, 0.3) is 16.7 Å². The molecule has 2 heterocycles.